The lowest BCUT2D eigenvalue weighted by atomic mass is 9.81. The van der Waals surface area contributed by atoms with Crippen LogP contribution in [0.25, 0.3) is 21.5 Å². The SMILES string of the molecule is CC(C)c1ccc(N(c2ccc(C(C)(C)C)cc2)c2c3ccc(C4CCCCC4)cc3c(N(c3ccc(C(C)C)cc3)c3ccc(C(C)(C)C)cc3)c3ccc(C4CCCCC4)cc23)cc1. The molecule has 2 fully saturated rings. The van der Waals surface area contributed by atoms with E-state index < -0.39 is 0 Å². The van der Waals surface area contributed by atoms with Gasteiger partial charge in [-0.1, -0.05) is 181 Å². The first-order valence-corrected chi connectivity index (χ1v) is 25.7. The van der Waals surface area contributed by atoms with E-state index in [1.165, 1.54) is 153 Å². The molecule has 0 unspecified atom stereocenters. The highest BCUT2D eigenvalue weighted by molar-refractivity contribution is 6.23. The Morgan fingerprint density at radius 1 is 0.364 bits per heavy atom. The van der Waals surface area contributed by atoms with Crippen molar-refractivity contribution in [2.45, 2.75) is 168 Å². The van der Waals surface area contributed by atoms with Crippen LogP contribution in [0.4, 0.5) is 34.1 Å². The van der Waals surface area contributed by atoms with Crippen LogP contribution in [0.2, 0.25) is 0 Å². The van der Waals surface area contributed by atoms with E-state index in [0.29, 0.717) is 23.7 Å². The Morgan fingerprint density at radius 2 is 0.667 bits per heavy atom. The Kier molecular flexibility index (Phi) is 13.0. The van der Waals surface area contributed by atoms with Crippen molar-refractivity contribution >= 4 is 55.7 Å². The Balaban J connectivity index is 1.42. The standard InChI is InChI=1S/C64H76N2/c1-43(2)45-21-31-53(32-22-45)65(55-35-27-51(28-36-55)63(5,6)7)61-57-39-25-50(48-19-15-12-16-20-48)42-60(57)62(58-40-26-49(41-59(58)61)47-17-13-11-14-18-47)66(54-33-23-46(24-34-54)44(3)4)56-37-29-52(30-38-56)64(8,9)10/h21-44,47-48H,11-20H2,1-10H3. The van der Waals surface area contributed by atoms with Gasteiger partial charge in [0, 0.05) is 44.3 Å². The number of hydrogen-bond acceptors (Lipinski definition) is 2. The Morgan fingerprint density at radius 3 is 0.955 bits per heavy atom. The van der Waals surface area contributed by atoms with Crippen molar-refractivity contribution in [1.29, 1.82) is 0 Å². The molecule has 66 heavy (non-hydrogen) atoms. The van der Waals surface area contributed by atoms with Gasteiger partial charge in [-0.15, -0.1) is 0 Å². The van der Waals surface area contributed by atoms with E-state index in [0.717, 1.165) is 0 Å². The molecule has 2 nitrogen and oxygen atoms in total. The molecule has 2 aliphatic rings. The van der Waals surface area contributed by atoms with Crippen LogP contribution in [0.3, 0.4) is 0 Å². The van der Waals surface area contributed by atoms with Crippen LogP contribution in [0, 0.1) is 0 Å². The predicted octanol–water partition coefficient (Wildman–Crippen LogP) is 19.9. The number of rotatable bonds is 10. The zero-order chi connectivity index (χ0) is 46.3. The molecule has 342 valence electrons. The second-order valence-corrected chi connectivity index (χ2v) is 22.7. The number of anilines is 6. The molecule has 2 saturated carbocycles. The van der Waals surface area contributed by atoms with Crippen LogP contribution in [-0.4, -0.2) is 0 Å². The molecule has 2 aliphatic carbocycles. The maximum atomic E-state index is 2.63. The highest BCUT2D eigenvalue weighted by Gasteiger charge is 2.29. The van der Waals surface area contributed by atoms with Crippen molar-refractivity contribution in [2.24, 2.45) is 0 Å². The van der Waals surface area contributed by atoms with E-state index in [1.54, 1.807) is 0 Å². The van der Waals surface area contributed by atoms with Crippen molar-refractivity contribution in [3.8, 4) is 0 Å². The fraction of sp³-hybridized carbons (Fsp3) is 0.406. The van der Waals surface area contributed by atoms with Crippen molar-refractivity contribution < 1.29 is 0 Å². The van der Waals surface area contributed by atoms with Crippen molar-refractivity contribution in [3.05, 3.63) is 167 Å². The lowest BCUT2D eigenvalue weighted by Gasteiger charge is -2.34. The number of fused-ring (bicyclic) bond motifs is 2. The molecule has 7 aromatic rings. The monoisotopic (exact) mass is 873 g/mol. The molecule has 0 radical (unpaired) electrons. The Bertz CT molecular complexity index is 2550. The first-order valence-electron chi connectivity index (χ1n) is 25.7. The molecule has 0 bridgehead atoms. The van der Waals surface area contributed by atoms with Gasteiger partial charge in [-0.2, -0.15) is 0 Å². The molecule has 0 aliphatic heterocycles. The van der Waals surface area contributed by atoms with Crippen LogP contribution >= 0.6 is 0 Å². The van der Waals surface area contributed by atoms with Gasteiger partial charge in [0.15, 0.2) is 0 Å². The Labute approximate surface area is 398 Å². The third kappa shape index (κ3) is 9.32. The summed E-state index contributed by atoms with van der Waals surface area (Å²) in [4.78, 5) is 5.21. The maximum Gasteiger partial charge on any atom is 0.0620 e. The lowest BCUT2D eigenvalue weighted by molar-refractivity contribution is 0.444. The molecule has 7 aromatic carbocycles. The smallest absolute Gasteiger partial charge is 0.0620 e. The highest BCUT2D eigenvalue weighted by atomic mass is 15.2. The van der Waals surface area contributed by atoms with E-state index in [1.807, 2.05) is 0 Å². The molecule has 0 aromatic heterocycles. The largest absolute Gasteiger partial charge is 0.309 e. The van der Waals surface area contributed by atoms with Crippen LogP contribution in [0.5, 0.6) is 0 Å². The minimum absolute atomic E-state index is 0.0512. The topological polar surface area (TPSA) is 6.48 Å². The summed E-state index contributed by atoms with van der Waals surface area (Å²) in [6.07, 6.45) is 13.0. The average Bonchev–Trinajstić information content (AvgIpc) is 3.32. The fourth-order valence-electron chi connectivity index (χ4n) is 11.1. The summed E-state index contributed by atoms with van der Waals surface area (Å²) in [7, 11) is 0. The van der Waals surface area contributed by atoms with Crippen molar-refractivity contribution in [3.63, 3.8) is 0 Å². The zero-order valence-electron chi connectivity index (χ0n) is 42.0. The zero-order valence-corrected chi connectivity index (χ0v) is 42.0. The first-order chi connectivity index (χ1) is 31.7. The second kappa shape index (κ2) is 18.7. The maximum absolute atomic E-state index is 2.63. The van der Waals surface area contributed by atoms with Crippen LogP contribution in [-0.2, 0) is 10.8 Å². The third-order valence-corrected chi connectivity index (χ3v) is 15.3. The van der Waals surface area contributed by atoms with Gasteiger partial charge >= 0.3 is 0 Å². The first kappa shape index (κ1) is 45.8. The van der Waals surface area contributed by atoms with E-state index in [-0.39, 0.29) is 10.8 Å². The van der Waals surface area contributed by atoms with E-state index in [4.69, 9.17) is 0 Å². The van der Waals surface area contributed by atoms with Crippen molar-refractivity contribution in [2.75, 3.05) is 9.80 Å². The number of benzene rings is 7. The minimum atomic E-state index is 0.0512. The molecular formula is C64H76N2. The third-order valence-electron chi connectivity index (χ3n) is 15.3. The van der Waals surface area contributed by atoms with E-state index in [9.17, 15) is 0 Å². The van der Waals surface area contributed by atoms with Gasteiger partial charge < -0.3 is 9.80 Å². The van der Waals surface area contributed by atoms with Crippen molar-refractivity contribution in [1.82, 2.24) is 0 Å². The summed E-state index contributed by atoms with van der Waals surface area (Å²) in [5, 5.41) is 5.21. The van der Waals surface area contributed by atoms with Gasteiger partial charge in [-0.05, 0) is 154 Å². The van der Waals surface area contributed by atoms with E-state index >= 15 is 0 Å². The number of hydrogen-bond donors (Lipinski definition) is 0. The molecule has 0 spiro atoms. The molecule has 0 heterocycles. The summed E-state index contributed by atoms with van der Waals surface area (Å²) < 4.78 is 0. The quantitative estimate of drug-likeness (QED) is 0.0998. The lowest BCUT2D eigenvalue weighted by Crippen LogP contribution is -2.16. The summed E-state index contributed by atoms with van der Waals surface area (Å²) in [6, 6.07) is 53.2. The van der Waals surface area contributed by atoms with Gasteiger partial charge in [0.2, 0.25) is 0 Å². The van der Waals surface area contributed by atoms with E-state index in [2.05, 4.69) is 212 Å². The second-order valence-electron chi connectivity index (χ2n) is 22.7. The van der Waals surface area contributed by atoms with Crippen LogP contribution < -0.4 is 9.80 Å². The normalized spacial score (nSPS) is 15.6. The van der Waals surface area contributed by atoms with Gasteiger partial charge in [0.1, 0.15) is 0 Å². The molecule has 2 heteroatoms. The van der Waals surface area contributed by atoms with Gasteiger partial charge in [-0.3, -0.25) is 0 Å². The van der Waals surface area contributed by atoms with Gasteiger partial charge in [-0.25, -0.2) is 0 Å². The number of nitrogens with zero attached hydrogens (tertiary/aromatic N) is 2. The molecule has 0 atom stereocenters. The highest BCUT2D eigenvalue weighted by Crippen LogP contribution is 2.53. The van der Waals surface area contributed by atoms with Gasteiger partial charge in [0.25, 0.3) is 0 Å². The van der Waals surface area contributed by atoms with Gasteiger partial charge in [0.05, 0.1) is 11.4 Å². The summed E-state index contributed by atoms with van der Waals surface area (Å²) in [5.74, 6) is 2.04. The molecule has 0 saturated heterocycles. The summed E-state index contributed by atoms with van der Waals surface area (Å²) in [6.45, 7) is 23.1. The average molecular weight is 873 g/mol. The summed E-state index contributed by atoms with van der Waals surface area (Å²) in [5.41, 5.74) is 15.8. The molecular weight excluding hydrogens is 797 g/mol. The fourth-order valence-corrected chi connectivity index (χ4v) is 11.1. The van der Waals surface area contributed by atoms with Crippen LogP contribution in [0.1, 0.15) is 190 Å². The summed E-state index contributed by atoms with van der Waals surface area (Å²) >= 11 is 0. The molecule has 0 N–H and O–H groups in total. The molecule has 9 rings (SSSR count). The predicted molar refractivity (Wildman–Crippen MR) is 288 cm³/mol. The Hall–Kier alpha value is -5.34. The molecule has 0 amide bonds. The minimum Gasteiger partial charge on any atom is -0.309 e. The van der Waals surface area contributed by atoms with Crippen LogP contribution in [0.15, 0.2) is 133 Å².